The molecule has 82 valence electrons. The van der Waals surface area contributed by atoms with E-state index in [9.17, 15) is 4.79 Å². The largest absolute Gasteiger partial charge is 0.356 e. The van der Waals surface area contributed by atoms with Gasteiger partial charge in [-0.05, 0) is 19.3 Å². The lowest BCUT2D eigenvalue weighted by Crippen LogP contribution is -2.26. The van der Waals surface area contributed by atoms with Gasteiger partial charge in [-0.3, -0.25) is 9.48 Å². The number of carbonyl (C=O) groups is 1. The van der Waals surface area contributed by atoms with Crippen LogP contribution in [0.1, 0.15) is 19.3 Å². The van der Waals surface area contributed by atoms with Crippen LogP contribution in [0.25, 0.3) is 0 Å². The van der Waals surface area contributed by atoms with Crippen molar-refractivity contribution >= 4 is 17.5 Å². The van der Waals surface area contributed by atoms with Crippen LogP contribution in [0.4, 0.5) is 0 Å². The molecule has 5 heteroatoms. The lowest BCUT2D eigenvalue weighted by Gasteiger charge is -2.03. The van der Waals surface area contributed by atoms with Crippen LogP contribution >= 0.6 is 11.6 Å². The van der Waals surface area contributed by atoms with E-state index in [1.807, 2.05) is 0 Å². The molecule has 0 aromatic carbocycles. The molecule has 0 atom stereocenters. The lowest BCUT2D eigenvalue weighted by atomic mass is 10.3. The van der Waals surface area contributed by atoms with E-state index in [0.717, 1.165) is 25.8 Å². The normalized spacial score (nSPS) is 15.3. The van der Waals surface area contributed by atoms with Gasteiger partial charge in [0.05, 0.1) is 11.2 Å². The first-order valence-electron chi connectivity index (χ1n) is 5.21. The van der Waals surface area contributed by atoms with E-state index < -0.39 is 0 Å². The highest BCUT2D eigenvalue weighted by molar-refractivity contribution is 6.30. The predicted octanol–water partition coefficient (Wildman–Crippen LogP) is 1.45. The van der Waals surface area contributed by atoms with Crippen LogP contribution < -0.4 is 5.32 Å². The zero-order valence-corrected chi connectivity index (χ0v) is 9.20. The zero-order chi connectivity index (χ0) is 10.7. The first kappa shape index (κ1) is 10.5. The molecule has 1 saturated carbocycles. The van der Waals surface area contributed by atoms with Crippen LogP contribution in [0.15, 0.2) is 12.4 Å². The second kappa shape index (κ2) is 4.66. The summed E-state index contributed by atoms with van der Waals surface area (Å²) in [6.45, 7) is 1.50. The topological polar surface area (TPSA) is 46.9 Å². The molecule has 1 aromatic rings. The molecule has 1 amide bonds. The van der Waals surface area contributed by atoms with Crippen molar-refractivity contribution in [2.24, 2.45) is 5.92 Å². The van der Waals surface area contributed by atoms with Gasteiger partial charge in [0.1, 0.15) is 0 Å². The van der Waals surface area contributed by atoms with Gasteiger partial charge in [-0.2, -0.15) is 5.10 Å². The van der Waals surface area contributed by atoms with E-state index in [-0.39, 0.29) is 5.91 Å². The minimum atomic E-state index is 0.202. The average Bonchev–Trinajstić information content (AvgIpc) is 2.98. The second-order valence-corrected chi connectivity index (χ2v) is 4.28. The van der Waals surface area contributed by atoms with Crippen molar-refractivity contribution < 1.29 is 4.79 Å². The minimum Gasteiger partial charge on any atom is -0.356 e. The highest BCUT2D eigenvalue weighted by atomic mass is 35.5. The Morgan fingerprint density at radius 1 is 1.67 bits per heavy atom. The number of nitrogens with one attached hydrogen (secondary N) is 1. The van der Waals surface area contributed by atoms with Gasteiger partial charge < -0.3 is 5.32 Å². The highest BCUT2D eigenvalue weighted by Gasteiger charge is 2.28. The summed E-state index contributed by atoms with van der Waals surface area (Å²) in [6, 6.07) is 0. The lowest BCUT2D eigenvalue weighted by molar-refractivity contribution is -0.122. The fourth-order valence-corrected chi connectivity index (χ4v) is 1.56. The summed E-state index contributed by atoms with van der Waals surface area (Å²) in [6.07, 6.45) is 6.40. The van der Waals surface area contributed by atoms with Crippen LogP contribution in [0.3, 0.4) is 0 Å². The van der Waals surface area contributed by atoms with Crippen LogP contribution in [-0.2, 0) is 11.3 Å². The van der Waals surface area contributed by atoms with Crippen LogP contribution in [0, 0.1) is 5.92 Å². The average molecular weight is 228 g/mol. The highest BCUT2D eigenvalue weighted by Crippen LogP contribution is 2.28. The summed E-state index contributed by atoms with van der Waals surface area (Å²) in [7, 11) is 0. The second-order valence-electron chi connectivity index (χ2n) is 3.84. The maximum atomic E-state index is 11.3. The Balaban J connectivity index is 1.60. The molecule has 1 aliphatic rings. The van der Waals surface area contributed by atoms with Crippen molar-refractivity contribution in [1.29, 1.82) is 0 Å². The standard InChI is InChI=1S/C10H14ClN3O/c11-9-6-13-14(7-9)5-1-4-12-10(15)8-2-3-8/h6-8H,1-5H2,(H,12,15). The summed E-state index contributed by atoms with van der Waals surface area (Å²) < 4.78 is 1.78. The molecule has 1 fully saturated rings. The first-order chi connectivity index (χ1) is 7.25. The number of rotatable bonds is 5. The van der Waals surface area contributed by atoms with Crippen molar-refractivity contribution in [3.63, 3.8) is 0 Å². The number of hydrogen-bond donors (Lipinski definition) is 1. The molecule has 0 spiro atoms. The number of aryl methyl sites for hydroxylation is 1. The molecule has 1 aromatic heterocycles. The number of nitrogens with zero attached hydrogens (tertiary/aromatic N) is 2. The maximum Gasteiger partial charge on any atom is 0.223 e. The Morgan fingerprint density at radius 2 is 2.47 bits per heavy atom. The molecule has 4 nitrogen and oxygen atoms in total. The molecule has 0 aliphatic heterocycles. The van der Waals surface area contributed by atoms with Crippen molar-refractivity contribution in [3.05, 3.63) is 17.4 Å². The van der Waals surface area contributed by atoms with Crippen molar-refractivity contribution in [3.8, 4) is 0 Å². The van der Waals surface area contributed by atoms with Gasteiger partial charge in [-0.25, -0.2) is 0 Å². The monoisotopic (exact) mass is 227 g/mol. The van der Waals surface area contributed by atoms with Crippen LogP contribution in [-0.4, -0.2) is 22.2 Å². The van der Waals surface area contributed by atoms with E-state index in [2.05, 4.69) is 10.4 Å². The molecule has 15 heavy (non-hydrogen) atoms. The third kappa shape index (κ3) is 3.23. The molecule has 0 unspecified atom stereocenters. The molecule has 1 heterocycles. The third-order valence-electron chi connectivity index (χ3n) is 2.41. The summed E-state index contributed by atoms with van der Waals surface area (Å²) in [5.74, 6) is 0.498. The minimum absolute atomic E-state index is 0.202. The molecule has 2 rings (SSSR count). The fraction of sp³-hybridized carbons (Fsp3) is 0.600. The Morgan fingerprint density at radius 3 is 3.07 bits per heavy atom. The van der Waals surface area contributed by atoms with Crippen molar-refractivity contribution in [2.45, 2.75) is 25.8 Å². The molecular weight excluding hydrogens is 214 g/mol. The van der Waals surface area contributed by atoms with E-state index in [1.165, 1.54) is 0 Å². The summed E-state index contributed by atoms with van der Waals surface area (Å²) >= 11 is 5.72. The molecule has 1 N–H and O–H groups in total. The Kier molecular flexibility index (Phi) is 3.26. The van der Waals surface area contributed by atoms with Crippen molar-refractivity contribution in [1.82, 2.24) is 15.1 Å². The van der Waals surface area contributed by atoms with Gasteiger partial charge in [-0.15, -0.1) is 0 Å². The quantitative estimate of drug-likeness (QED) is 0.774. The number of halogens is 1. The van der Waals surface area contributed by atoms with Crippen LogP contribution in [0.5, 0.6) is 0 Å². The molecule has 0 bridgehead atoms. The van der Waals surface area contributed by atoms with Gasteiger partial charge in [0.25, 0.3) is 0 Å². The Labute approximate surface area is 93.6 Å². The van der Waals surface area contributed by atoms with E-state index in [0.29, 0.717) is 17.5 Å². The summed E-state index contributed by atoms with van der Waals surface area (Å²) in [4.78, 5) is 11.3. The van der Waals surface area contributed by atoms with Gasteiger partial charge in [0.2, 0.25) is 5.91 Å². The van der Waals surface area contributed by atoms with Gasteiger partial charge in [0, 0.05) is 25.2 Å². The molecule has 0 saturated heterocycles. The third-order valence-corrected chi connectivity index (χ3v) is 2.61. The van der Waals surface area contributed by atoms with Crippen molar-refractivity contribution in [2.75, 3.05) is 6.54 Å². The van der Waals surface area contributed by atoms with Crippen LogP contribution in [0.2, 0.25) is 5.02 Å². The number of hydrogen-bond acceptors (Lipinski definition) is 2. The molecule has 0 radical (unpaired) electrons. The van der Waals surface area contributed by atoms with Gasteiger partial charge >= 0.3 is 0 Å². The Hall–Kier alpha value is -1.03. The van der Waals surface area contributed by atoms with Gasteiger partial charge in [0.15, 0.2) is 0 Å². The number of carbonyl (C=O) groups excluding carboxylic acids is 1. The van der Waals surface area contributed by atoms with E-state index in [4.69, 9.17) is 11.6 Å². The zero-order valence-electron chi connectivity index (χ0n) is 8.45. The molecule has 1 aliphatic carbocycles. The summed E-state index contributed by atoms with van der Waals surface area (Å²) in [5, 5.41) is 7.61. The van der Waals surface area contributed by atoms with E-state index in [1.54, 1.807) is 17.1 Å². The number of amides is 1. The first-order valence-corrected chi connectivity index (χ1v) is 5.59. The maximum absolute atomic E-state index is 11.3. The predicted molar refractivity (Wildman–Crippen MR) is 57.6 cm³/mol. The Bertz CT molecular complexity index is 346. The van der Waals surface area contributed by atoms with Gasteiger partial charge in [-0.1, -0.05) is 11.6 Å². The summed E-state index contributed by atoms with van der Waals surface area (Å²) in [5.41, 5.74) is 0. The molecular formula is C10H14ClN3O. The smallest absolute Gasteiger partial charge is 0.223 e. The fourth-order valence-electron chi connectivity index (χ4n) is 1.40. The number of aromatic nitrogens is 2. The SMILES string of the molecule is O=C(NCCCn1cc(Cl)cn1)C1CC1. The van der Waals surface area contributed by atoms with E-state index >= 15 is 0 Å².